The average Bonchev–Trinajstić information content (AvgIpc) is 2.31. The molecule has 0 bridgehead atoms. The smallest absolute Gasteiger partial charge is 0.165 e. The van der Waals surface area contributed by atoms with Crippen LogP contribution in [0.5, 0.6) is 0 Å². The summed E-state index contributed by atoms with van der Waals surface area (Å²) in [6.07, 6.45) is 5.20. The van der Waals surface area contributed by atoms with Gasteiger partial charge in [0.05, 0.1) is 12.1 Å². The molecular weight excluding hydrogens is 222 g/mol. The second-order valence-corrected chi connectivity index (χ2v) is 3.75. The Balaban J connectivity index is 2.98. The van der Waals surface area contributed by atoms with Crippen molar-refractivity contribution in [2.45, 2.75) is 13.3 Å². The van der Waals surface area contributed by atoms with Crippen LogP contribution in [0, 0.1) is 28.1 Å². The molecule has 0 saturated carbocycles. The van der Waals surface area contributed by atoms with Crippen molar-refractivity contribution in [2.75, 3.05) is 0 Å². The molecule has 0 spiro atoms. The topological polar surface area (TPSA) is 60.5 Å². The standard InChI is InChI=1S/C12H10ClN3/c1-2-5-12(8-14,9-15)6-10-3-4-11(13)16-7-10/h2-5,7H,6H2,1H3. The number of aromatic nitrogens is 1. The maximum absolute atomic E-state index is 9.05. The Bertz CT molecular complexity index is 449. The first-order valence-corrected chi connectivity index (χ1v) is 5.10. The van der Waals surface area contributed by atoms with Crippen molar-refractivity contribution in [3.05, 3.63) is 41.2 Å². The van der Waals surface area contributed by atoms with Crippen molar-refractivity contribution in [1.29, 1.82) is 10.5 Å². The van der Waals surface area contributed by atoms with Crippen molar-refractivity contribution < 1.29 is 0 Å². The average molecular weight is 232 g/mol. The molecule has 0 aliphatic heterocycles. The van der Waals surface area contributed by atoms with Crippen LogP contribution in [0.15, 0.2) is 30.5 Å². The first-order valence-electron chi connectivity index (χ1n) is 4.72. The van der Waals surface area contributed by atoms with Gasteiger partial charge in [-0.3, -0.25) is 0 Å². The lowest BCUT2D eigenvalue weighted by atomic mass is 9.84. The van der Waals surface area contributed by atoms with E-state index in [9.17, 15) is 0 Å². The summed E-state index contributed by atoms with van der Waals surface area (Å²) in [6.45, 7) is 1.78. The van der Waals surface area contributed by atoms with Gasteiger partial charge in [-0.05, 0) is 18.6 Å². The van der Waals surface area contributed by atoms with E-state index in [1.165, 1.54) is 0 Å². The summed E-state index contributed by atoms with van der Waals surface area (Å²) in [7, 11) is 0. The number of nitrogens with zero attached hydrogens (tertiary/aromatic N) is 3. The highest BCUT2D eigenvalue weighted by Gasteiger charge is 2.26. The molecule has 0 aliphatic carbocycles. The molecule has 0 saturated heterocycles. The first-order chi connectivity index (χ1) is 7.65. The van der Waals surface area contributed by atoms with Crippen molar-refractivity contribution in [1.82, 2.24) is 4.98 Å². The van der Waals surface area contributed by atoms with Gasteiger partial charge in [-0.2, -0.15) is 10.5 Å². The summed E-state index contributed by atoms with van der Waals surface area (Å²) < 4.78 is 0. The summed E-state index contributed by atoms with van der Waals surface area (Å²) in [5.74, 6) is 0. The number of hydrogen-bond acceptors (Lipinski definition) is 3. The van der Waals surface area contributed by atoms with Gasteiger partial charge >= 0.3 is 0 Å². The zero-order chi connectivity index (χ0) is 12.0. The van der Waals surface area contributed by atoms with Gasteiger partial charge in [0.25, 0.3) is 0 Å². The fourth-order valence-corrected chi connectivity index (χ4v) is 1.47. The Kier molecular flexibility index (Phi) is 4.05. The van der Waals surface area contributed by atoms with Gasteiger partial charge in [0.2, 0.25) is 0 Å². The number of nitriles is 2. The molecule has 0 aromatic carbocycles. The van der Waals surface area contributed by atoms with Crippen LogP contribution >= 0.6 is 11.6 Å². The highest BCUT2D eigenvalue weighted by atomic mass is 35.5. The van der Waals surface area contributed by atoms with Crippen molar-refractivity contribution >= 4 is 11.6 Å². The van der Waals surface area contributed by atoms with Crippen LogP contribution in [0.3, 0.4) is 0 Å². The van der Waals surface area contributed by atoms with Gasteiger partial charge < -0.3 is 0 Å². The number of pyridine rings is 1. The number of halogens is 1. The lowest BCUT2D eigenvalue weighted by molar-refractivity contribution is 0.654. The second-order valence-electron chi connectivity index (χ2n) is 3.36. The van der Waals surface area contributed by atoms with Crippen LogP contribution in [-0.2, 0) is 6.42 Å². The first kappa shape index (κ1) is 12.2. The van der Waals surface area contributed by atoms with E-state index >= 15 is 0 Å². The van der Waals surface area contributed by atoms with Crippen molar-refractivity contribution in [2.24, 2.45) is 5.41 Å². The Morgan fingerprint density at radius 1 is 1.44 bits per heavy atom. The van der Waals surface area contributed by atoms with Gasteiger partial charge in [-0.25, -0.2) is 4.98 Å². The third-order valence-electron chi connectivity index (χ3n) is 2.12. The van der Waals surface area contributed by atoms with E-state index in [-0.39, 0.29) is 0 Å². The van der Waals surface area contributed by atoms with E-state index in [1.807, 2.05) is 12.1 Å². The molecule has 0 aliphatic rings. The van der Waals surface area contributed by atoms with Gasteiger partial charge in [0.15, 0.2) is 5.41 Å². The summed E-state index contributed by atoms with van der Waals surface area (Å²) in [5, 5.41) is 18.5. The summed E-state index contributed by atoms with van der Waals surface area (Å²) in [4.78, 5) is 3.91. The van der Waals surface area contributed by atoms with Crippen LogP contribution < -0.4 is 0 Å². The Hall–Kier alpha value is -1.84. The molecule has 80 valence electrons. The molecule has 1 aromatic heterocycles. The molecule has 1 rings (SSSR count). The minimum atomic E-state index is -1.12. The minimum Gasteiger partial charge on any atom is -0.244 e. The Labute approximate surface area is 99.6 Å². The number of hydrogen-bond donors (Lipinski definition) is 0. The monoisotopic (exact) mass is 231 g/mol. The molecule has 0 atom stereocenters. The molecule has 0 N–H and O–H groups in total. The minimum absolute atomic E-state index is 0.314. The fraction of sp³-hybridized carbons (Fsp3) is 0.250. The van der Waals surface area contributed by atoms with Crippen LogP contribution in [-0.4, -0.2) is 4.98 Å². The molecule has 0 unspecified atom stereocenters. The molecule has 0 fully saturated rings. The molecule has 0 amide bonds. The largest absolute Gasteiger partial charge is 0.244 e. The van der Waals surface area contributed by atoms with Crippen molar-refractivity contribution in [3.63, 3.8) is 0 Å². The predicted octanol–water partition coefficient (Wildman–Crippen LogP) is 2.89. The van der Waals surface area contributed by atoms with Gasteiger partial charge in [0.1, 0.15) is 5.15 Å². The number of allylic oxidation sites excluding steroid dienone is 2. The van der Waals surface area contributed by atoms with Crippen LogP contribution in [0.2, 0.25) is 5.15 Å². The SMILES string of the molecule is CC=CC(C#N)(C#N)Cc1ccc(Cl)nc1. The highest BCUT2D eigenvalue weighted by molar-refractivity contribution is 6.29. The van der Waals surface area contributed by atoms with Gasteiger partial charge in [-0.15, -0.1) is 0 Å². The molecule has 4 heteroatoms. The normalized spacial score (nSPS) is 11.0. The number of rotatable bonds is 3. The third-order valence-corrected chi connectivity index (χ3v) is 2.35. The zero-order valence-corrected chi connectivity index (χ0v) is 9.57. The van der Waals surface area contributed by atoms with E-state index in [1.54, 1.807) is 37.4 Å². The molecule has 1 aromatic rings. The fourth-order valence-electron chi connectivity index (χ4n) is 1.36. The lowest BCUT2D eigenvalue weighted by Gasteiger charge is -2.13. The Morgan fingerprint density at radius 3 is 2.56 bits per heavy atom. The van der Waals surface area contributed by atoms with E-state index < -0.39 is 5.41 Å². The van der Waals surface area contributed by atoms with Crippen LogP contribution in [0.1, 0.15) is 12.5 Å². The van der Waals surface area contributed by atoms with Crippen LogP contribution in [0.4, 0.5) is 0 Å². The van der Waals surface area contributed by atoms with E-state index in [4.69, 9.17) is 22.1 Å². The predicted molar refractivity (Wildman–Crippen MR) is 61.4 cm³/mol. The third kappa shape index (κ3) is 2.82. The maximum Gasteiger partial charge on any atom is 0.165 e. The van der Waals surface area contributed by atoms with Gasteiger partial charge in [-0.1, -0.05) is 29.8 Å². The van der Waals surface area contributed by atoms with Crippen LogP contribution in [0.25, 0.3) is 0 Å². The molecule has 0 radical (unpaired) electrons. The second kappa shape index (κ2) is 5.30. The lowest BCUT2D eigenvalue weighted by Crippen LogP contribution is -2.16. The van der Waals surface area contributed by atoms with Gasteiger partial charge in [0, 0.05) is 12.6 Å². The van der Waals surface area contributed by atoms with E-state index in [0.29, 0.717) is 11.6 Å². The van der Waals surface area contributed by atoms with Crippen molar-refractivity contribution in [3.8, 4) is 12.1 Å². The zero-order valence-electron chi connectivity index (χ0n) is 8.81. The van der Waals surface area contributed by atoms with E-state index in [2.05, 4.69) is 4.98 Å². The molecular formula is C12H10ClN3. The Morgan fingerprint density at radius 2 is 2.12 bits per heavy atom. The van der Waals surface area contributed by atoms with E-state index in [0.717, 1.165) is 5.56 Å². The molecule has 16 heavy (non-hydrogen) atoms. The highest BCUT2D eigenvalue weighted by Crippen LogP contribution is 2.23. The quantitative estimate of drug-likeness (QED) is 0.594. The summed E-state index contributed by atoms with van der Waals surface area (Å²) >= 11 is 5.66. The molecule has 3 nitrogen and oxygen atoms in total. The summed E-state index contributed by atoms with van der Waals surface area (Å²) in [5.41, 5.74) is -0.310. The summed E-state index contributed by atoms with van der Waals surface area (Å²) in [6, 6.07) is 7.45. The maximum atomic E-state index is 9.05. The molecule has 1 heterocycles.